The summed E-state index contributed by atoms with van der Waals surface area (Å²) in [5.74, 6) is 2.50. The molecule has 59 valence electrons. The van der Waals surface area contributed by atoms with Crippen LogP contribution in [0.3, 0.4) is 0 Å². The number of terminal acetylenes is 1. The molecule has 0 aliphatic rings. The van der Waals surface area contributed by atoms with Crippen molar-refractivity contribution in [2.24, 2.45) is 0 Å². The van der Waals surface area contributed by atoms with E-state index in [1.807, 2.05) is 12.1 Å². The number of aliphatic hydroxyl groups excluding tert-OH is 1. The molecule has 0 aliphatic heterocycles. The van der Waals surface area contributed by atoms with Crippen molar-refractivity contribution in [1.29, 1.82) is 0 Å². The molecule has 0 heterocycles. The molecular formula is C11H9O. The topological polar surface area (TPSA) is 20.2 Å². The van der Waals surface area contributed by atoms with Crippen LogP contribution in [-0.2, 0) is 0 Å². The van der Waals surface area contributed by atoms with Crippen molar-refractivity contribution in [3.05, 3.63) is 48.1 Å². The summed E-state index contributed by atoms with van der Waals surface area (Å²) in [6.07, 6.45) is 6.94. The van der Waals surface area contributed by atoms with Gasteiger partial charge >= 0.3 is 0 Å². The lowest BCUT2D eigenvalue weighted by Gasteiger charge is -2.03. The van der Waals surface area contributed by atoms with E-state index < -0.39 is 0 Å². The molecule has 1 rings (SSSR count). The first kappa shape index (κ1) is 8.58. The van der Waals surface area contributed by atoms with E-state index in [0.717, 1.165) is 12.2 Å². The van der Waals surface area contributed by atoms with Gasteiger partial charge in [0.25, 0.3) is 0 Å². The van der Waals surface area contributed by atoms with E-state index >= 15 is 0 Å². The van der Waals surface area contributed by atoms with Crippen molar-refractivity contribution < 1.29 is 5.11 Å². The highest BCUT2D eigenvalue weighted by Gasteiger charge is 2.01. The summed E-state index contributed by atoms with van der Waals surface area (Å²) in [4.78, 5) is 0. The van der Waals surface area contributed by atoms with Gasteiger partial charge in [-0.3, -0.25) is 0 Å². The zero-order chi connectivity index (χ0) is 8.97. The van der Waals surface area contributed by atoms with Crippen molar-refractivity contribution in [2.75, 3.05) is 0 Å². The maximum atomic E-state index is 8.81. The number of hydrogen-bond donors (Lipinski definition) is 1. The lowest BCUT2D eigenvalue weighted by molar-refractivity contribution is 0.414. The van der Waals surface area contributed by atoms with E-state index in [2.05, 4.69) is 12.5 Å². The smallest absolute Gasteiger partial charge is 0.110 e. The molecule has 0 fully saturated rings. The van der Waals surface area contributed by atoms with Crippen molar-refractivity contribution >= 4 is 6.08 Å². The molecule has 0 amide bonds. The average molecular weight is 157 g/mol. The highest BCUT2D eigenvalue weighted by atomic mass is 16.3. The fourth-order valence-corrected chi connectivity index (χ4v) is 1.03. The zero-order valence-electron chi connectivity index (χ0n) is 6.62. The Labute approximate surface area is 72.4 Å². The van der Waals surface area contributed by atoms with Crippen molar-refractivity contribution in [1.82, 2.24) is 0 Å². The Bertz CT molecular complexity index is 331. The lowest BCUT2D eigenvalue weighted by Crippen LogP contribution is -1.90. The molecule has 0 aliphatic carbocycles. The molecular weight excluding hydrogens is 148 g/mol. The molecule has 1 aromatic carbocycles. The van der Waals surface area contributed by atoms with Gasteiger partial charge in [-0.1, -0.05) is 36.8 Å². The van der Waals surface area contributed by atoms with E-state index in [-0.39, 0.29) is 0 Å². The lowest BCUT2D eigenvalue weighted by atomic mass is 10.0. The second-order valence-electron chi connectivity index (χ2n) is 2.29. The van der Waals surface area contributed by atoms with Crippen LogP contribution >= 0.6 is 0 Å². The first-order valence-corrected chi connectivity index (χ1v) is 3.53. The Balaban J connectivity index is 3.34. The third-order valence-corrected chi connectivity index (χ3v) is 1.63. The van der Waals surface area contributed by atoms with Crippen molar-refractivity contribution in [3.63, 3.8) is 0 Å². The summed E-state index contributed by atoms with van der Waals surface area (Å²) < 4.78 is 0. The van der Waals surface area contributed by atoms with Crippen LogP contribution in [0.5, 0.6) is 0 Å². The Kier molecular flexibility index (Phi) is 2.68. The molecule has 0 spiro atoms. The maximum Gasteiger partial charge on any atom is 0.110 e. The molecule has 1 radical (unpaired) electrons. The molecule has 0 aromatic heterocycles. The van der Waals surface area contributed by atoms with Gasteiger partial charge in [-0.2, -0.15) is 0 Å². The van der Waals surface area contributed by atoms with Crippen LogP contribution in [0.2, 0.25) is 0 Å². The minimum absolute atomic E-state index is 0.648. The summed E-state index contributed by atoms with van der Waals surface area (Å²) >= 11 is 0. The van der Waals surface area contributed by atoms with E-state index in [1.54, 1.807) is 12.1 Å². The molecule has 12 heavy (non-hydrogen) atoms. The molecule has 0 saturated heterocycles. The van der Waals surface area contributed by atoms with Gasteiger partial charge in [-0.25, -0.2) is 0 Å². The Morgan fingerprint density at radius 1 is 1.42 bits per heavy atom. The molecule has 0 saturated carbocycles. The highest BCUT2D eigenvalue weighted by Crippen LogP contribution is 2.15. The Hall–Kier alpha value is -1.52. The monoisotopic (exact) mass is 157 g/mol. The predicted molar refractivity (Wildman–Crippen MR) is 49.8 cm³/mol. The summed E-state index contributed by atoms with van der Waals surface area (Å²) in [6.45, 7) is 4.63. The van der Waals surface area contributed by atoms with Crippen LogP contribution in [0.1, 0.15) is 16.7 Å². The molecule has 1 nitrogen and oxygen atoms in total. The molecule has 0 unspecified atom stereocenters. The molecule has 1 N–H and O–H groups in total. The van der Waals surface area contributed by atoms with Crippen LogP contribution in [0, 0.1) is 19.0 Å². The van der Waals surface area contributed by atoms with Crippen LogP contribution in [0.25, 0.3) is 6.08 Å². The largest absolute Gasteiger partial charge is 0.385 e. The van der Waals surface area contributed by atoms with Crippen LogP contribution < -0.4 is 0 Å². The normalized spacial score (nSPS) is 9.00. The van der Waals surface area contributed by atoms with Crippen LogP contribution in [-0.4, -0.2) is 5.11 Å². The standard InChI is InChI=1S/C11H9O/c1-3-9-6-5-7-10(8-12)11(9)4-2/h2-3,5-8,12H,1H2. The highest BCUT2D eigenvalue weighted by molar-refractivity contribution is 5.61. The molecule has 1 aromatic rings. The van der Waals surface area contributed by atoms with Crippen molar-refractivity contribution in [2.45, 2.75) is 0 Å². The Morgan fingerprint density at radius 2 is 2.08 bits per heavy atom. The van der Waals surface area contributed by atoms with E-state index in [1.165, 1.54) is 0 Å². The van der Waals surface area contributed by atoms with Crippen LogP contribution in [0.4, 0.5) is 0 Å². The summed E-state index contributed by atoms with van der Waals surface area (Å²) in [5, 5.41) is 8.81. The molecule has 0 atom stereocenters. The van der Waals surface area contributed by atoms with Gasteiger partial charge in [-0.05, 0) is 11.1 Å². The first-order chi connectivity index (χ1) is 5.83. The third-order valence-electron chi connectivity index (χ3n) is 1.63. The van der Waals surface area contributed by atoms with Crippen molar-refractivity contribution in [3.8, 4) is 12.3 Å². The number of hydrogen-bond acceptors (Lipinski definition) is 1. The number of benzene rings is 1. The predicted octanol–water partition coefficient (Wildman–Crippen LogP) is 2.19. The summed E-state index contributed by atoms with van der Waals surface area (Å²) in [7, 11) is 0. The Morgan fingerprint density at radius 3 is 2.58 bits per heavy atom. The van der Waals surface area contributed by atoms with Crippen LogP contribution in [0.15, 0.2) is 24.8 Å². The minimum Gasteiger partial charge on any atom is -0.385 e. The van der Waals surface area contributed by atoms with Gasteiger partial charge in [0, 0.05) is 5.56 Å². The summed E-state index contributed by atoms with van der Waals surface area (Å²) in [6, 6.07) is 5.43. The van der Waals surface area contributed by atoms with Gasteiger partial charge in [0.1, 0.15) is 6.61 Å². The van der Waals surface area contributed by atoms with Gasteiger partial charge in [0.05, 0.1) is 0 Å². The van der Waals surface area contributed by atoms with E-state index in [0.29, 0.717) is 11.1 Å². The van der Waals surface area contributed by atoms with E-state index in [4.69, 9.17) is 11.5 Å². The molecule has 0 bridgehead atoms. The summed E-state index contributed by atoms with van der Waals surface area (Å²) in [5.41, 5.74) is 2.19. The second kappa shape index (κ2) is 3.75. The fourth-order valence-electron chi connectivity index (χ4n) is 1.03. The van der Waals surface area contributed by atoms with Gasteiger partial charge in [0.15, 0.2) is 0 Å². The van der Waals surface area contributed by atoms with E-state index in [9.17, 15) is 0 Å². The second-order valence-corrected chi connectivity index (χ2v) is 2.29. The van der Waals surface area contributed by atoms with Gasteiger partial charge in [0.2, 0.25) is 0 Å². The number of aliphatic hydroxyl groups is 1. The average Bonchev–Trinajstić information content (AvgIpc) is 2.16. The zero-order valence-corrected chi connectivity index (χ0v) is 6.62. The number of rotatable bonds is 2. The quantitative estimate of drug-likeness (QED) is 0.652. The van der Waals surface area contributed by atoms with Gasteiger partial charge in [-0.15, -0.1) is 6.42 Å². The third kappa shape index (κ3) is 1.39. The first-order valence-electron chi connectivity index (χ1n) is 3.53. The van der Waals surface area contributed by atoms with Gasteiger partial charge < -0.3 is 5.11 Å². The fraction of sp³-hybridized carbons (Fsp3) is 0. The maximum absolute atomic E-state index is 8.81. The minimum atomic E-state index is 0.648. The molecule has 1 heteroatoms. The SMILES string of the molecule is C#Cc1c([CH]O)cccc1C=C.